The van der Waals surface area contributed by atoms with Crippen molar-refractivity contribution in [1.82, 2.24) is 14.6 Å². The predicted octanol–water partition coefficient (Wildman–Crippen LogP) is 1.14. The number of thiazole rings is 1. The van der Waals surface area contributed by atoms with Gasteiger partial charge < -0.3 is 9.64 Å². The summed E-state index contributed by atoms with van der Waals surface area (Å²) in [6, 6.07) is 7.81. The number of hydrogen-bond acceptors (Lipinski definition) is 6. The van der Waals surface area contributed by atoms with Crippen LogP contribution in [0.15, 0.2) is 29.1 Å². The van der Waals surface area contributed by atoms with Gasteiger partial charge in [-0.15, -0.1) is 10.2 Å². The highest BCUT2D eigenvalue weighted by atomic mass is 32.1. The van der Waals surface area contributed by atoms with Crippen LogP contribution in [0.4, 0.5) is 5.82 Å². The van der Waals surface area contributed by atoms with E-state index in [2.05, 4.69) is 10.2 Å². The molecule has 7 heteroatoms. The molecular weight excluding hydrogens is 276 g/mol. The lowest BCUT2D eigenvalue weighted by atomic mass is 10.3. The van der Waals surface area contributed by atoms with Crippen LogP contribution in [0.3, 0.4) is 0 Å². The van der Waals surface area contributed by atoms with E-state index in [1.54, 1.807) is 4.40 Å². The summed E-state index contributed by atoms with van der Waals surface area (Å²) in [6.07, 6.45) is 0. The molecule has 20 heavy (non-hydrogen) atoms. The first-order valence-electron chi connectivity index (χ1n) is 6.44. The minimum absolute atomic E-state index is 0.102. The van der Waals surface area contributed by atoms with Crippen LogP contribution in [0, 0.1) is 0 Å². The van der Waals surface area contributed by atoms with E-state index in [1.807, 2.05) is 29.2 Å². The second-order valence-electron chi connectivity index (χ2n) is 4.62. The summed E-state index contributed by atoms with van der Waals surface area (Å²) in [4.78, 5) is 15.3. The summed E-state index contributed by atoms with van der Waals surface area (Å²) in [6.45, 7) is 2.60. The van der Waals surface area contributed by atoms with Crippen LogP contribution in [-0.2, 0) is 4.74 Å². The number of anilines is 1. The fourth-order valence-electron chi connectivity index (χ4n) is 2.44. The van der Waals surface area contributed by atoms with E-state index in [0.717, 1.165) is 10.2 Å². The second-order valence-corrected chi connectivity index (χ2v) is 5.63. The van der Waals surface area contributed by atoms with Gasteiger partial charge in [0.25, 0.3) is 0 Å². The normalized spacial score (nSPS) is 16.1. The molecule has 3 heterocycles. The third-order valence-electron chi connectivity index (χ3n) is 3.43. The Hall–Kier alpha value is -1.99. The zero-order valence-corrected chi connectivity index (χ0v) is 11.5. The van der Waals surface area contributed by atoms with Gasteiger partial charge in [-0.3, -0.25) is 4.79 Å². The molecule has 0 amide bonds. The van der Waals surface area contributed by atoms with Crippen LogP contribution in [0.2, 0.25) is 0 Å². The van der Waals surface area contributed by atoms with Gasteiger partial charge in [-0.1, -0.05) is 23.5 Å². The Morgan fingerprint density at radius 2 is 1.95 bits per heavy atom. The van der Waals surface area contributed by atoms with E-state index in [0.29, 0.717) is 37.1 Å². The molecule has 0 N–H and O–H groups in total. The van der Waals surface area contributed by atoms with Crippen molar-refractivity contribution in [2.75, 3.05) is 31.2 Å². The van der Waals surface area contributed by atoms with Gasteiger partial charge in [0, 0.05) is 13.1 Å². The molecule has 6 nitrogen and oxygen atoms in total. The lowest BCUT2D eigenvalue weighted by molar-refractivity contribution is 0.122. The fourth-order valence-corrected chi connectivity index (χ4v) is 3.40. The van der Waals surface area contributed by atoms with E-state index < -0.39 is 0 Å². The van der Waals surface area contributed by atoms with E-state index in [1.165, 1.54) is 11.3 Å². The first kappa shape index (κ1) is 11.8. The highest BCUT2D eigenvalue weighted by Gasteiger charge is 2.19. The maximum absolute atomic E-state index is 12.7. The lowest BCUT2D eigenvalue weighted by Crippen LogP contribution is -2.40. The van der Waals surface area contributed by atoms with Gasteiger partial charge in [0.2, 0.25) is 10.8 Å². The molecule has 0 bridgehead atoms. The summed E-state index contributed by atoms with van der Waals surface area (Å²) >= 11 is 1.48. The van der Waals surface area contributed by atoms with E-state index >= 15 is 0 Å². The SMILES string of the molecule is O=c1c(N2CCOCC2)nnc2sc3ccccc3n12. The highest BCUT2D eigenvalue weighted by molar-refractivity contribution is 7.23. The van der Waals surface area contributed by atoms with Gasteiger partial charge in [0.15, 0.2) is 0 Å². The first-order chi connectivity index (χ1) is 9.84. The van der Waals surface area contributed by atoms with Crippen molar-refractivity contribution in [1.29, 1.82) is 0 Å². The quantitative estimate of drug-likeness (QED) is 0.672. The van der Waals surface area contributed by atoms with Crippen LogP contribution in [0.25, 0.3) is 15.2 Å². The van der Waals surface area contributed by atoms with Gasteiger partial charge in [-0.05, 0) is 12.1 Å². The van der Waals surface area contributed by atoms with Crippen LogP contribution >= 0.6 is 11.3 Å². The Labute approximate surface area is 118 Å². The maximum atomic E-state index is 12.7. The van der Waals surface area contributed by atoms with Gasteiger partial charge in [-0.2, -0.15) is 0 Å². The van der Waals surface area contributed by atoms with Gasteiger partial charge in [0.1, 0.15) is 0 Å². The molecule has 1 saturated heterocycles. The Kier molecular flexibility index (Phi) is 2.68. The van der Waals surface area contributed by atoms with Crippen molar-refractivity contribution < 1.29 is 4.74 Å². The van der Waals surface area contributed by atoms with Crippen LogP contribution in [0.5, 0.6) is 0 Å². The highest BCUT2D eigenvalue weighted by Crippen LogP contribution is 2.23. The summed E-state index contributed by atoms with van der Waals surface area (Å²) in [5.74, 6) is 0.411. The number of ether oxygens (including phenoxy) is 1. The third-order valence-corrected chi connectivity index (χ3v) is 4.45. The predicted molar refractivity (Wildman–Crippen MR) is 77.7 cm³/mol. The summed E-state index contributed by atoms with van der Waals surface area (Å²) < 4.78 is 8.00. The molecule has 4 rings (SSSR count). The Morgan fingerprint density at radius 1 is 1.15 bits per heavy atom. The minimum Gasteiger partial charge on any atom is -0.378 e. The number of benzene rings is 1. The maximum Gasteiger partial charge on any atom is 0.302 e. The number of aromatic nitrogens is 3. The Balaban J connectivity index is 1.97. The van der Waals surface area contributed by atoms with Crippen molar-refractivity contribution in [3.8, 4) is 0 Å². The molecule has 1 aromatic carbocycles. The smallest absolute Gasteiger partial charge is 0.302 e. The molecule has 0 unspecified atom stereocenters. The van der Waals surface area contributed by atoms with Crippen molar-refractivity contribution in [3.05, 3.63) is 34.6 Å². The molecule has 0 spiro atoms. The topological polar surface area (TPSA) is 59.7 Å². The summed E-state index contributed by atoms with van der Waals surface area (Å²) in [5, 5.41) is 8.33. The van der Waals surface area contributed by atoms with Gasteiger partial charge >= 0.3 is 5.56 Å². The number of fused-ring (bicyclic) bond motifs is 3. The van der Waals surface area contributed by atoms with Crippen LogP contribution < -0.4 is 10.5 Å². The molecule has 102 valence electrons. The van der Waals surface area contributed by atoms with Crippen LogP contribution in [-0.4, -0.2) is 40.9 Å². The average molecular weight is 288 g/mol. The second kappa shape index (κ2) is 4.53. The van der Waals surface area contributed by atoms with Gasteiger partial charge in [-0.25, -0.2) is 4.40 Å². The Bertz CT molecular complexity index is 835. The molecule has 1 aliphatic heterocycles. The molecule has 1 fully saturated rings. The Morgan fingerprint density at radius 3 is 2.80 bits per heavy atom. The van der Waals surface area contributed by atoms with Crippen molar-refractivity contribution in [2.45, 2.75) is 0 Å². The lowest BCUT2D eigenvalue weighted by Gasteiger charge is -2.26. The fraction of sp³-hybridized carbons (Fsp3) is 0.308. The molecular formula is C13H12N4O2S. The van der Waals surface area contributed by atoms with Gasteiger partial charge in [0.05, 0.1) is 23.4 Å². The third kappa shape index (κ3) is 1.70. The monoisotopic (exact) mass is 288 g/mol. The molecule has 0 atom stereocenters. The zero-order chi connectivity index (χ0) is 13.5. The molecule has 0 aliphatic carbocycles. The number of rotatable bonds is 1. The van der Waals surface area contributed by atoms with E-state index in [-0.39, 0.29) is 5.56 Å². The van der Waals surface area contributed by atoms with Crippen LogP contribution in [0.1, 0.15) is 0 Å². The standard InChI is InChI=1S/C13H12N4O2S/c18-12-11(16-5-7-19-8-6-16)14-15-13-17(12)9-3-1-2-4-10(9)20-13/h1-4H,5-8H2. The van der Waals surface area contributed by atoms with Crippen molar-refractivity contribution in [2.24, 2.45) is 0 Å². The molecule has 0 saturated carbocycles. The zero-order valence-electron chi connectivity index (χ0n) is 10.7. The van der Waals surface area contributed by atoms with E-state index in [9.17, 15) is 4.79 Å². The number of morpholine rings is 1. The average Bonchev–Trinajstić information content (AvgIpc) is 2.88. The molecule has 2 aromatic heterocycles. The van der Waals surface area contributed by atoms with Crippen molar-refractivity contribution in [3.63, 3.8) is 0 Å². The largest absolute Gasteiger partial charge is 0.378 e. The number of nitrogens with zero attached hydrogens (tertiary/aromatic N) is 4. The van der Waals surface area contributed by atoms with E-state index in [4.69, 9.17) is 4.74 Å². The molecule has 0 radical (unpaired) electrons. The number of para-hydroxylation sites is 1. The summed E-state index contributed by atoms with van der Waals surface area (Å²) in [5.41, 5.74) is 0.788. The molecule has 1 aliphatic rings. The summed E-state index contributed by atoms with van der Waals surface area (Å²) in [7, 11) is 0. The molecule has 3 aromatic rings. The number of hydrogen-bond donors (Lipinski definition) is 0. The minimum atomic E-state index is -0.102. The van der Waals surface area contributed by atoms with Crippen molar-refractivity contribution >= 4 is 32.3 Å². The first-order valence-corrected chi connectivity index (χ1v) is 7.26.